The minimum atomic E-state index is -4.33. The Hall–Kier alpha value is -1.27. The Bertz CT molecular complexity index is 310. The number of amides is 1. The molecule has 98 valence electrons. The Morgan fingerprint density at radius 1 is 1.41 bits per heavy atom. The van der Waals surface area contributed by atoms with E-state index in [4.69, 9.17) is 5.11 Å². The molecule has 0 radical (unpaired) electrons. The van der Waals surface area contributed by atoms with Gasteiger partial charge in [-0.3, -0.25) is 9.59 Å². The van der Waals surface area contributed by atoms with Crippen LogP contribution in [0.5, 0.6) is 0 Å². The number of likely N-dealkylation sites (tertiary alicyclic amines) is 1. The number of carbonyl (C=O) groups is 2. The van der Waals surface area contributed by atoms with Crippen molar-refractivity contribution in [3.05, 3.63) is 0 Å². The predicted molar refractivity (Wildman–Crippen MR) is 52.2 cm³/mol. The largest absolute Gasteiger partial charge is 0.481 e. The fourth-order valence-corrected chi connectivity index (χ4v) is 1.64. The second kappa shape index (κ2) is 4.93. The summed E-state index contributed by atoms with van der Waals surface area (Å²) >= 11 is 0. The van der Waals surface area contributed by atoms with Crippen molar-refractivity contribution in [2.24, 2.45) is 11.8 Å². The third-order valence-corrected chi connectivity index (χ3v) is 2.98. The number of carboxylic acids is 1. The first-order valence-electron chi connectivity index (χ1n) is 5.28. The van der Waals surface area contributed by atoms with Gasteiger partial charge in [-0.1, -0.05) is 6.92 Å². The molecule has 1 N–H and O–H groups in total. The van der Waals surface area contributed by atoms with Crippen LogP contribution in [0.2, 0.25) is 0 Å². The van der Waals surface area contributed by atoms with Gasteiger partial charge in [0, 0.05) is 25.4 Å². The van der Waals surface area contributed by atoms with Gasteiger partial charge in [0.05, 0.1) is 12.3 Å². The molecule has 1 rings (SSSR count). The average Bonchev–Trinajstić information content (AvgIpc) is 2.10. The molecule has 1 aliphatic heterocycles. The van der Waals surface area contributed by atoms with E-state index in [1.165, 1.54) is 11.8 Å². The van der Waals surface area contributed by atoms with Crippen LogP contribution >= 0.6 is 0 Å². The van der Waals surface area contributed by atoms with Crippen LogP contribution in [0.15, 0.2) is 0 Å². The summed E-state index contributed by atoms with van der Waals surface area (Å²) in [6, 6.07) is 0. The van der Waals surface area contributed by atoms with Crippen LogP contribution in [-0.4, -0.2) is 41.1 Å². The zero-order valence-electron chi connectivity index (χ0n) is 9.33. The summed E-state index contributed by atoms with van der Waals surface area (Å²) < 4.78 is 35.6. The maximum atomic E-state index is 11.9. The first-order chi connectivity index (χ1) is 7.70. The summed E-state index contributed by atoms with van der Waals surface area (Å²) in [5, 5.41) is 8.70. The van der Waals surface area contributed by atoms with E-state index in [1.54, 1.807) is 0 Å². The number of hydrogen-bond acceptors (Lipinski definition) is 2. The fraction of sp³-hybridized carbons (Fsp3) is 0.800. The summed E-state index contributed by atoms with van der Waals surface area (Å²) in [6.07, 6.45) is -6.01. The Morgan fingerprint density at radius 3 is 2.35 bits per heavy atom. The molecule has 0 aliphatic carbocycles. The van der Waals surface area contributed by atoms with E-state index in [0.29, 0.717) is 0 Å². The van der Waals surface area contributed by atoms with Crippen molar-refractivity contribution in [1.82, 2.24) is 4.90 Å². The molecular weight excluding hydrogens is 239 g/mol. The van der Waals surface area contributed by atoms with Crippen molar-refractivity contribution in [3.63, 3.8) is 0 Å². The predicted octanol–water partition coefficient (Wildman–Crippen LogP) is 1.51. The maximum absolute atomic E-state index is 11.9. The molecule has 7 heteroatoms. The van der Waals surface area contributed by atoms with E-state index in [1.807, 2.05) is 0 Å². The summed E-state index contributed by atoms with van der Waals surface area (Å²) in [5.74, 6) is -2.22. The lowest BCUT2D eigenvalue weighted by Gasteiger charge is -2.41. The van der Waals surface area contributed by atoms with E-state index in [-0.39, 0.29) is 19.0 Å². The monoisotopic (exact) mass is 253 g/mol. The van der Waals surface area contributed by atoms with Crippen LogP contribution in [0, 0.1) is 11.8 Å². The molecule has 1 amide bonds. The van der Waals surface area contributed by atoms with Crippen LogP contribution in [0.3, 0.4) is 0 Å². The van der Waals surface area contributed by atoms with Crippen LogP contribution in [-0.2, 0) is 9.59 Å². The number of carbonyl (C=O) groups excluding carboxylic acids is 1. The minimum absolute atomic E-state index is 0.151. The molecular formula is C10H14F3NO3. The van der Waals surface area contributed by atoms with E-state index in [9.17, 15) is 22.8 Å². The topological polar surface area (TPSA) is 57.6 Å². The van der Waals surface area contributed by atoms with Crippen molar-refractivity contribution in [2.75, 3.05) is 13.1 Å². The molecule has 0 aromatic heterocycles. The van der Waals surface area contributed by atoms with Gasteiger partial charge < -0.3 is 10.0 Å². The summed E-state index contributed by atoms with van der Waals surface area (Å²) in [6.45, 7) is 2.01. The van der Waals surface area contributed by atoms with Crippen molar-refractivity contribution >= 4 is 11.9 Å². The van der Waals surface area contributed by atoms with Gasteiger partial charge in [-0.2, -0.15) is 13.2 Å². The van der Waals surface area contributed by atoms with Gasteiger partial charge in [-0.05, 0) is 0 Å². The van der Waals surface area contributed by atoms with Gasteiger partial charge in [-0.15, -0.1) is 0 Å². The number of aliphatic carboxylic acids is 1. The Kier molecular flexibility index (Phi) is 4.00. The van der Waals surface area contributed by atoms with Crippen LogP contribution in [0.25, 0.3) is 0 Å². The molecule has 1 atom stereocenters. The smallest absolute Gasteiger partial charge is 0.389 e. The van der Waals surface area contributed by atoms with E-state index < -0.39 is 36.8 Å². The highest BCUT2D eigenvalue weighted by Gasteiger charge is 2.38. The molecule has 1 aliphatic rings. The average molecular weight is 253 g/mol. The fourth-order valence-electron chi connectivity index (χ4n) is 1.64. The van der Waals surface area contributed by atoms with Crippen LogP contribution in [0.1, 0.15) is 19.8 Å². The van der Waals surface area contributed by atoms with Gasteiger partial charge in [0.2, 0.25) is 5.91 Å². The number of halogens is 3. The van der Waals surface area contributed by atoms with Crippen LogP contribution in [0.4, 0.5) is 13.2 Å². The Balaban J connectivity index is 2.28. The molecule has 0 bridgehead atoms. The zero-order valence-corrected chi connectivity index (χ0v) is 9.33. The van der Waals surface area contributed by atoms with Gasteiger partial charge in [0.25, 0.3) is 0 Å². The summed E-state index contributed by atoms with van der Waals surface area (Å²) in [4.78, 5) is 23.2. The van der Waals surface area contributed by atoms with Crippen molar-refractivity contribution < 1.29 is 27.9 Å². The summed E-state index contributed by atoms with van der Waals surface area (Å²) in [7, 11) is 0. The molecule has 0 spiro atoms. The van der Waals surface area contributed by atoms with E-state index >= 15 is 0 Å². The quantitative estimate of drug-likeness (QED) is 0.826. The molecule has 1 heterocycles. The highest BCUT2D eigenvalue weighted by molar-refractivity contribution is 5.77. The van der Waals surface area contributed by atoms with E-state index in [2.05, 4.69) is 0 Å². The lowest BCUT2D eigenvalue weighted by atomic mass is 9.87. The number of carboxylic acid groups (broad SMARTS) is 1. The Morgan fingerprint density at radius 2 is 1.94 bits per heavy atom. The lowest BCUT2D eigenvalue weighted by Crippen LogP contribution is -2.53. The SMILES string of the molecule is CC(C(=O)O)C1CN(C(=O)CCC(F)(F)F)C1. The number of nitrogens with zero attached hydrogens (tertiary/aromatic N) is 1. The van der Waals surface area contributed by atoms with Gasteiger partial charge >= 0.3 is 12.1 Å². The zero-order chi connectivity index (χ0) is 13.2. The van der Waals surface area contributed by atoms with Gasteiger partial charge in [0.1, 0.15) is 0 Å². The highest BCUT2D eigenvalue weighted by Crippen LogP contribution is 2.27. The van der Waals surface area contributed by atoms with Crippen molar-refractivity contribution in [1.29, 1.82) is 0 Å². The normalized spacial score (nSPS) is 18.7. The number of rotatable bonds is 4. The molecule has 0 aromatic carbocycles. The molecule has 1 fully saturated rings. The minimum Gasteiger partial charge on any atom is -0.481 e. The molecule has 1 unspecified atom stereocenters. The van der Waals surface area contributed by atoms with E-state index in [0.717, 1.165) is 0 Å². The van der Waals surface area contributed by atoms with Crippen molar-refractivity contribution in [3.8, 4) is 0 Å². The second-order valence-electron chi connectivity index (χ2n) is 4.30. The molecule has 0 saturated carbocycles. The standard InChI is InChI=1S/C10H14F3NO3/c1-6(9(16)17)7-4-14(5-7)8(15)2-3-10(11,12)13/h6-7H,2-5H2,1H3,(H,16,17). The maximum Gasteiger partial charge on any atom is 0.389 e. The van der Waals surface area contributed by atoms with Gasteiger partial charge in [-0.25, -0.2) is 0 Å². The van der Waals surface area contributed by atoms with Gasteiger partial charge in [0.15, 0.2) is 0 Å². The second-order valence-corrected chi connectivity index (χ2v) is 4.30. The third-order valence-electron chi connectivity index (χ3n) is 2.98. The third kappa shape index (κ3) is 3.90. The van der Waals surface area contributed by atoms with Crippen LogP contribution < -0.4 is 0 Å². The highest BCUT2D eigenvalue weighted by atomic mass is 19.4. The molecule has 17 heavy (non-hydrogen) atoms. The Labute approximate surface area is 96.4 Å². The molecule has 1 saturated heterocycles. The summed E-state index contributed by atoms with van der Waals surface area (Å²) in [5.41, 5.74) is 0. The first-order valence-corrected chi connectivity index (χ1v) is 5.28. The number of hydrogen-bond donors (Lipinski definition) is 1. The number of alkyl halides is 3. The molecule has 4 nitrogen and oxygen atoms in total. The lowest BCUT2D eigenvalue weighted by molar-refractivity contribution is -0.156. The van der Waals surface area contributed by atoms with Crippen molar-refractivity contribution in [2.45, 2.75) is 25.9 Å². The molecule has 0 aromatic rings. The first kappa shape index (κ1) is 13.8.